The number of hydrogen-bond acceptors (Lipinski definition) is 5. The van der Waals surface area contributed by atoms with E-state index in [0.717, 1.165) is 5.56 Å². The third kappa shape index (κ3) is 5.31. The van der Waals surface area contributed by atoms with Crippen LogP contribution in [0.25, 0.3) is 0 Å². The predicted octanol–water partition coefficient (Wildman–Crippen LogP) is 4.06. The molecule has 0 aromatic heterocycles. The summed E-state index contributed by atoms with van der Waals surface area (Å²) in [5, 5.41) is 0. The number of carbonyl (C=O) groups is 1. The van der Waals surface area contributed by atoms with E-state index in [9.17, 15) is 13.2 Å². The van der Waals surface area contributed by atoms with Crippen LogP contribution >= 0.6 is 15.9 Å². The number of methoxy groups -OCH3 is 1. The lowest BCUT2D eigenvalue weighted by Crippen LogP contribution is -2.28. The summed E-state index contributed by atoms with van der Waals surface area (Å²) in [6.45, 7) is 3.86. The van der Waals surface area contributed by atoms with Crippen LogP contribution in [0.1, 0.15) is 42.2 Å². The summed E-state index contributed by atoms with van der Waals surface area (Å²) in [4.78, 5) is 11.9. The van der Waals surface area contributed by atoms with E-state index in [1.807, 2.05) is 19.1 Å². The van der Waals surface area contributed by atoms with Gasteiger partial charge in [-0.3, -0.25) is 0 Å². The summed E-state index contributed by atoms with van der Waals surface area (Å²) in [7, 11) is -2.23. The molecular formula is C19H22BrNO5S. The largest absolute Gasteiger partial charge is 0.497 e. The molecule has 1 N–H and O–H groups in total. The second kappa shape index (κ2) is 9.34. The first kappa shape index (κ1) is 21.4. The molecule has 1 unspecified atom stereocenters. The lowest BCUT2D eigenvalue weighted by molar-refractivity contribution is 0.0526. The Kier molecular flexibility index (Phi) is 7.41. The zero-order chi connectivity index (χ0) is 20.0. The Labute approximate surface area is 168 Å². The lowest BCUT2D eigenvalue weighted by Gasteiger charge is -2.18. The van der Waals surface area contributed by atoms with Gasteiger partial charge < -0.3 is 9.47 Å². The van der Waals surface area contributed by atoms with Gasteiger partial charge in [-0.15, -0.1) is 0 Å². The van der Waals surface area contributed by atoms with Crippen molar-refractivity contribution >= 4 is 31.9 Å². The average molecular weight is 456 g/mol. The van der Waals surface area contributed by atoms with Crippen molar-refractivity contribution in [2.45, 2.75) is 31.2 Å². The Hall–Kier alpha value is -1.90. The molecule has 2 aromatic rings. The minimum atomic E-state index is -3.80. The highest BCUT2D eigenvalue weighted by atomic mass is 79.9. The van der Waals surface area contributed by atoms with E-state index in [1.54, 1.807) is 26.2 Å². The molecule has 0 bridgehead atoms. The molecule has 0 aliphatic rings. The zero-order valence-electron chi connectivity index (χ0n) is 15.4. The van der Waals surface area contributed by atoms with Crippen molar-refractivity contribution in [1.29, 1.82) is 0 Å². The molecule has 2 rings (SSSR count). The number of esters is 1. The van der Waals surface area contributed by atoms with Crippen molar-refractivity contribution in [3.8, 4) is 5.75 Å². The SMILES string of the molecule is CCOC(=O)c1ccc(S(=O)(=O)NC(CC)c2ccc(OC)cc2)c(Br)c1. The van der Waals surface area contributed by atoms with Gasteiger partial charge in [0.05, 0.1) is 24.2 Å². The van der Waals surface area contributed by atoms with Gasteiger partial charge in [0.25, 0.3) is 0 Å². The van der Waals surface area contributed by atoms with E-state index < -0.39 is 22.0 Å². The first-order valence-electron chi connectivity index (χ1n) is 8.45. The van der Waals surface area contributed by atoms with E-state index in [-0.39, 0.29) is 17.1 Å². The summed E-state index contributed by atoms with van der Waals surface area (Å²) >= 11 is 3.25. The molecule has 1 atom stereocenters. The third-order valence-electron chi connectivity index (χ3n) is 3.96. The number of hydrogen-bond donors (Lipinski definition) is 1. The van der Waals surface area contributed by atoms with Crippen LogP contribution in [0.4, 0.5) is 0 Å². The number of sulfonamides is 1. The van der Waals surface area contributed by atoms with Crippen molar-refractivity contribution in [1.82, 2.24) is 4.72 Å². The number of carbonyl (C=O) groups excluding carboxylic acids is 1. The van der Waals surface area contributed by atoms with Gasteiger partial charge in [0, 0.05) is 10.5 Å². The zero-order valence-corrected chi connectivity index (χ0v) is 17.8. The Bertz CT molecular complexity index is 897. The Balaban J connectivity index is 2.27. The monoisotopic (exact) mass is 455 g/mol. The van der Waals surface area contributed by atoms with Crippen molar-refractivity contribution < 1.29 is 22.7 Å². The molecule has 0 heterocycles. The van der Waals surface area contributed by atoms with Crippen LogP contribution in [-0.2, 0) is 14.8 Å². The van der Waals surface area contributed by atoms with Crippen LogP contribution in [0.15, 0.2) is 51.8 Å². The third-order valence-corrected chi connectivity index (χ3v) is 6.40. The molecule has 0 radical (unpaired) electrons. The first-order chi connectivity index (χ1) is 12.8. The molecule has 0 aliphatic carbocycles. The molecule has 0 fully saturated rings. The van der Waals surface area contributed by atoms with Gasteiger partial charge in [0.15, 0.2) is 0 Å². The fourth-order valence-corrected chi connectivity index (χ4v) is 4.92. The summed E-state index contributed by atoms with van der Waals surface area (Å²) < 4.78 is 38.8. The molecule has 0 spiro atoms. The molecular weight excluding hydrogens is 434 g/mol. The highest BCUT2D eigenvalue weighted by Crippen LogP contribution is 2.27. The highest BCUT2D eigenvalue weighted by molar-refractivity contribution is 9.10. The molecule has 6 nitrogen and oxygen atoms in total. The number of ether oxygens (including phenoxy) is 2. The molecule has 0 saturated carbocycles. The molecule has 2 aromatic carbocycles. The van der Waals surface area contributed by atoms with E-state index in [2.05, 4.69) is 20.7 Å². The van der Waals surface area contributed by atoms with Crippen molar-refractivity contribution in [3.05, 3.63) is 58.1 Å². The van der Waals surface area contributed by atoms with Gasteiger partial charge in [-0.2, -0.15) is 0 Å². The van der Waals surface area contributed by atoms with Crippen LogP contribution in [-0.4, -0.2) is 28.1 Å². The summed E-state index contributed by atoms with van der Waals surface area (Å²) in [5.41, 5.74) is 1.12. The smallest absolute Gasteiger partial charge is 0.338 e. The second-order valence-corrected chi connectivity index (χ2v) is 8.26. The Morgan fingerprint density at radius 3 is 2.33 bits per heavy atom. The minimum Gasteiger partial charge on any atom is -0.497 e. The fraction of sp³-hybridized carbons (Fsp3) is 0.316. The average Bonchev–Trinajstić information content (AvgIpc) is 2.66. The van der Waals surface area contributed by atoms with E-state index in [0.29, 0.717) is 16.6 Å². The maximum absolute atomic E-state index is 12.8. The normalized spacial score (nSPS) is 12.4. The number of halogens is 1. The van der Waals surface area contributed by atoms with E-state index in [4.69, 9.17) is 9.47 Å². The van der Waals surface area contributed by atoms with Crippen molar-refractivity contribution in [3.63, 3.8) is 0 Å². The second-order valence-electron chi connectivity index (χ2n) is 5.72. The van der Waals surface area contributed by atoms with E-state index >= 15 is 0 Å². The topological polar surface area (TPSA) is 81.7 Å². The van der Waals surface area contributed by atoms with Crippen molar-refractivity contribution in [2.75, 3.05) is 13.7 Å². The van der Waals surface area contributed by atoms with Crippen LogP contribution in [0.2, 0.25) is 0 Å². The van der Waals surface area contributed by atoms with Gasteiger partial charge in [-0.05, 0) is 65.2 Å². The maximum Gasteiger partial charge on any atom is 0.338 e. The summed E-state index contributed by atoms with van der Waals surface area (Å²) in [5.74, 6) is 0.202. The minimum absolute atomic E-state index is 0.0579. The van der Waals surface area contributed by atoms with E-state index in [1.165, 1.54) is 18.2 Å². The van der Waals surface area contributed by atoms with Crippen LogP contribution in [0.3, 0.4) is 0 Å². The van der Waals surface area contributed by atoms with Gasteiger partial charge in [-0.25, -0.2) is 17.9 Å². The van der Waals surface area contributed by atoms with Gasteiger partial charge in [0.1, 0.15) is 5.75 Å². The molecule has 27 heavy (non-hydrogen) atoms. The molecule has 0 amide bonds. The number of benzene rings is 2. The maximum atomic E-state index is 12.8. The van der Waals surface area contributed by atoms with Gasteiger partial charge >= 0.3 is 5.97 Å². The highest BCUT2D eigenvalue weighted by Gasteiger charge is 2.23. The van der Waals surface area contributed by atoms with Crippen LogP contribution in [0.5, 0.6) is 5.75 Å². The fourth-order valence-electron chi connectivity index (χ4n) is 2.53. The Morgan fingerprint density at radius 1 is 1.15 bits per heavy atom. The molecule has 146 valence electrons. The Morgan fingerprint density at radius 2 is 1.81 bits per heavy atom. The molecule has 8 heteroatoms. The number of rotatable bonds is 8. The summed E-state index contributed by atoms with van der Waals surface area (Å²) in [6.07, 6.45) is 0.573. The molecule has 0 saturated heterocycles. The van der Waals surface area contributed by atoms with Gasteiger partial charge in [0.2, 0.25) is 10.0 Å². The van der Waals surface area contributed by atoms with Gasteiger partial charge in [-0.1, -0.05) is 19.1 Å². The quantitative estimate of drug-likeness (QED) is 0.606. The van der Waals surface area contributed by atoms with Crippen molar-refractivity contribution in [2.24, 2.45) is 0 Å². The summed E-state index contributed by atoms with van der Waals surface area (Å²) in [6, 6.07) is 11.1. The van der Waals surface area contributed by atoms with Crippen LogP contribution < -0.4 is 9.46 Å². The lowest BCUT2D eigenvalue weighted by atomic mass is 10.1. The number of nitrogens with one attached hydrogen (secondary N) is 1. The van der Waals surface area contributed by atoms with Crippen LogP contribution in [0, 0.1) is 0 Å². The standard InChI is InChI=1S/C19H22BrNO5S/c1-4-17(13-6-9-15(25-3)10-7-13)21-27(23,24)18-11-8-14(12-16(18)20)19(22)26-5-2/h6-12,17,21H,4-5H2,1-3H3. The predicted molar refractivity (Wildman–Crippen MR) is 106 cm³/mol. The molecule has 0 aliphatic heterocycles. The first-order valence-corrected chi connectivity index (χ1v) is 10.7.